The minimum Gasteiger partial charge on any atom is -0.395 e. The second-order valence-electron chi connectivity index (χ2n) is 4.26. The number of aliphatic hydroxyl groups excluding tert-OH is 1. The number of hydrogen-bond donors (Lipinski definition) is 3. The van der Waals surface area contributed by atoms with E-state index in [9.17, 15) is 4.79 Å². The molecular formula is C12H19N3O2. The summed E-state index contributed by atoms with van der Waals surface area (Å²) in [5.74, 6) is -0.109. The van der Waals surface area contributed by atoms with Crippen molar-refractivity contribution in [3.05, 3.63) is 24.0 Å². The van der Waals surface area contributed by atoms with Gasteiger partial charge in [-0.05, 0) is 38.1 Å². The zero-order chi connectivity index (χ0) is 12.1. The van der Waals surface area contributed by atoms with E-state index < -0.39 is 0 Å². The average molecular weight is 237 g/mol. The van der Waals surface area contributed by atoms with E-state index in [1.807, 2.05) is 22.9 Å². The molecule has 1 amide bonds. The summed E-state index contributed by atoms with van der Waals surface area (Å²) < 4.78 is 2.05. The number of nitrogens with one attached hydrogen (secondary N) is 2. The van der Waals surface area contributed by atoms with Gasteiger partial charge in [-0.25, -0.2) is 0 Å². The van der Waals surface area contributed by atoms with E-state index >= 15 is 0 Å². The lowest BCUT2D eigenvalue weighted by atomic mass is 10.1. The molecule has 0 radical (unpaired) electrons. The molecule has 1 aliphatic heterocycles. The van der Waals surface area contributed by atoms with Crippen molar-refractivity contribution in [3.63, 3.8) is 0 Å². The molecule has 1 aromatic rings. The fourth-order valence-electron chi connectivity index (χ4n) is 2.25. The highest BCUT2D eigenvalue weighted by Crippen LogP contribution is 2.21. The molecule has 3 N–H and O–H groups in total. The van der Waals surface area contributed by atoms with Gasteiger partial charge < -0.3 is 20.3 Å². The number of aromatic nitrogens is 1. The third kappa shape index (κ3) is 2.87. The largest absolute Gasteiger partial charge is 0.395 e. The first-order valence-electron chi connectivity index (χ1n) is 6.09. The van der Waals surface area contributed by atoms with Crippen LogP contribution in [0.1, 0.15) is 29.4 Å². The molecule has 5 heteroatoms. The predicted molar refractivity (Wildman–Crippen MR) is 65.0 cm³/mol. The molecule has 1 aliphatic rings. The molecule has 94 valence electrons. The topological polar surface area (TPSA) is 66.3 Å². The standard InChI is InChI=1S/C12H19N3O2/c16-9-7-14-12(17)11-2-1-8-15(11)10-3-5-13-6-4-10/h1-2,8,10,13,16H,3-7,9H2,(H,14,17). The SMILES string of the molecule is O=C(NCCO)c1cccn1C1CCNCC1. The van der Waals surface area contributed by atoms with Crippen molar-refractivity contribution in [1.82, 2.24) is 15.2 Å². The summed E-state index contributed by atoms with van der Waals surface area (Å²) in [4.78, 5) is 11.9. The summed E-state index contributed by atoms with van der Waals surface area (Å²) in [6, 6.07) is 4.13. The number of nitrogens with zero attached hydrogens (tertiary/aromatic N) is 1. The molecular weight excluding hydrogens is 218 g/mol. The molecule has 0 aromatic carbocycles. The summed E-state index contributed by atoms with van der Waals surface area (Å²) in [6.45, 7) is 2.27. The first-order chi connectivity index (χ1) is 8.33. The molecule has 0 spiro atoms. The average Bonchev–Trinajstić information content (AvgIpc) is 2.86. The Morgan fingerprint density at radius 3 is 3.00 bits per heavy atom. The van der Waals surface area contributed by atoms with Gasteiger partial charge in [0.2, 0.25) is 0 Å². The minimum atomic E-state index is -0.109. The Labute approximate surface area is 101 Å². The molecule has 2 rings (SSSR count). The molecule has 0 atom stereocenters. The molecule has 0 bridgehead atoms. The van der Waals surface area contributed by atoms with Gasteiger partial charge in [-0.15, -0.1) is 0 Å². The lowest BCUT2D eigenvalue weighted by Crippen LogP contribution is -2.33. The van der Waals surface area contributed by atoms with Crippen molar-refractivity contribution >= 4 is 5.91 Å². The Morgan fingerprint density at radius 1 is 1.53 bits per heavy atom. The van der Waals surface area contributed by atoms with E-state index in [0.717, 1.165) is 25.9 Å². The van der Waals surface area contributed by atoms with Gasteiger partial charge in [0.25, 0.3) is 5.91 Å². The van der Waals surface area contributed by atoms with E-state index in [-0.39, 0.29) is 12.5 Å². The minimum absolute atomic E-state index is 0.0280. The quantitative estimate of drug-likeness (QED) is 0.697. The highest BCUT2D eigenvalue weighted by atomic mass is 16.3. The second kappa shape index (κ2) is 5.84. The van der Waals surface area contributed by atoms with Crippen molar-refractivity contribution in [3.8, 4) is 0 Å². The monoisotopic (exact) mass is 237 g/mol. The smallest absolute Gasteiger partial charge is 0.267 e. The normalized spacial score (nSPS) is 17.0. The molecule has 1 aromatic heterocycles. The molecule has 1 fully saturated rings. The van der Waals surface area contributed by atoms with Crippen LogP contribution in [0.3, 0.4) is 0 Å². The van der Waals surface area contributed by atoms with Crippen LogP contribution in [-0.4, -0.2) is 41.8 Å². The van der Waals surface area contributed by atoms with E-state index in [1.54, 1.807) is 0 Å². The maximum atomic E-state index is 11.9. The first kappa shape index (κ1) is 12.1. The summed E-state index contributed by atoms with van der Waals surface area (Å²) in [5.41, 5.74) is 0.686. The number of amides is 1. The Balaban J connectivity index is 2.07. The van der Waals surface area contributed by atoms with Gasteiger partial charge >= 0.3 is 0 Å². The number of carbonyl (C=O) groups is 1. The van der Waals surface area contributed by atoms with Crippen molar-refractivity contribution in [2.75, 3.05) is 26.2 Å². The summed E-state index contributed by atoms with van der Waals surface area (Å²) in [5, 5.41) is 14.7. The van der Waals surface area contributed by atoms with E-state index in [0.29, 0.717) is 18.3 Å². The number of piperidine rings is 1. The first-order valence-corrected chi connectivity index (χ1v) is 6.09. The maximum absolute atomic E-state index is 11.9. The Morgan fingerprint density at radius 2 is 2.29 bits per heavy atom. The summed E-state index contributed by atoms with van der Waals surface area (Å²) in [7, 11) is 0. The second-order valence-corrected chi connectivity index (χ2v) is 4.26. The number of aliphatic hydroxyl groups is 1. The Hall–Kier alpha value is -1.33. The molecule has 1 saturated heterocycles. The highest BCUT2D eigenvalue weighted by molar-refractivity contribution is 5.92. The summed E-state index contributed by atoms with van der Waals surface area (Å²) >= 11 is 0. The van der Waals surface area contributed by atoms with E-state index in [4.69, 9.17) is 5.11 Å². The number of carbonyl (C=O) groups excluding carboxylic acids is 1. The van der Waals surface area contributed by atoms with Gasteiger partial charge in [-0.3, -0.25) is 4.79 Å². The zero-order valence-electron chi connectivity index (χ0n) is 9.85. The Bertz CT molecular complexity index is 370. The van der Waals surface area contributed by atoms with Crippen LogP contribution in [0, 0.1) is 0 Å². The van der Waals surface area contributed by atoms with Crippen molar-refractivity contribution in [2.45, 2.75) is 18.9 Å². The summed E-state index contributed by atoms with van der Waals surface area (Å²) in [6.07, 6.45) is 4.06. The highest BCUT2D eigenvalue weighted by Gasteiger charge is 2.19. The molecule has 2 heterocycles. The van der Waals surface area contributed by atoms with Crippen LogP contribution < -0.4 is 10.6 Å². The van der Waals surface area contributed by atoms with Crippen LogP contribution in [0.15, 0.2) is 18.3 Å². The van der Waals surface area contributed by atoms with Gasteiger partial charge in [0.1, 0.15) is 5.69 Å². The van der Waals surface area contributed by atoms with Crippen molar-refractivity contribution < 1.29 is 9.90 Å². The van der Waals surface area contributed by atoms with Crippen LogP contribution in [-0.2, 0) is 0 Å². The fraction of sp³-hybridized carbons (Fsp3) is 0.583. The lowest BCUT2D eigenvalue weighted by Gasteiger charge is -2.25. The molecule has 0 saturated carbocycles. The van der Waals surface area contributed by atoms with Gasteiger partial charge in [0.05, 0.1) is 6.61 Å². The van der Waals surface area contributed by atoms with Crippen LogP contribution in [0.25, 0.3) is 0 Å². The van der Waals surface area contributed by atoms with Gasteiger partial charge in [0.15, 0.2) is 0 Å². The number of hydrogen-bond acceptors (Lipinski definition) is 3. The van der Waals surface area contributed by atoms with Gasteiger partial charge in [-0.2, -0.15) is 0 Å². The van der Waals surface area contributed by atoms with Crippen molar-refractivity contribution in [1.29, 1.82) is 0 Å². The predicted octanol–water partition coefficient (Wildman–Crippen LogP) is 0.135. The zero-order valence-corrected chi connectivity index (χ0v) is 9.85. The van der Waals surface area contributed by atoms with Crippen LogP contribution in [0.4, 0.5) is 0 Å². The molecule has 5 nitrogen and oxygen atoms in total. The van der Waals surface area contributed by atoms with E-state index in [1.165, 1.54) is 0 Å². The third-order valence-electron chi connectivity index (χ3n) is 3.11. The van der Waals surface area contributed by atoms with Gasteiger partial charge in [0, 0.05) is 18.8 Å². The van der Waals surface area contributed by atoms with Crippen LogP contribution in [0.2, 0.25) is 0 Å². The lowest BCUT2D eigenvalue weighted by molar-refractivity contribution is 0.0932. The van der Waals surface area contributed by atoms with Crippen LogP contribution >= 0.6 is 0 Å². The van der Waals surface area contributed by atoms with Crippen molar-refractivity contribution in [2.24, 2.45) is 0 Å². The molecule has 17 heavy (non-hydrogen) atoms. The van der Waals surface area contributed by atoms with Crippen LogP contribution in [0.5, 0.6) is 0 Å². The Kier molecular flexibility index (Phi) is 4.17. The maximum Gasteiger partial charge on any atom is 0.267 e. The fourth-order valence-corrected chi connectivity index (χ4v) is 2.25. The van der Waals surface area contributed by atoms with Gasteiger partial charge in [-0.1, -0.05) is 0 Å². The van der Waals surface area contributed by atoms with E-state index in [2.05, 4.69) is 10.6 Å². The number of rotatable bonds is 4. The third-order valence-corrected chi connectivity index (χ3v) is 3.11. The molecule has 0 aliphatic carbocycles. The molecule has 0 unspecified atom stereocenters.